The second-order valence-corrected chi connectivity index (χ2v) is 6.03. The van der Waals surface area contributed by atoms with Gasteiger partial charge in [-0.05, 0) is 13.8 Å². The van der Waals surface area contributed by atoms with Crippen LogP contribution in [0, 0.1) is 0 Å². The van der Waals surface area contributed by atoms with Crippen molar-refractivity contribution < 1.29 is 19.1 Å². The van der Waals surface area contributed by atoms with Gasteiger partial charge in [-0.3, -0.25) is 0 Å². The Kier molecular flexibility index (Phi) is 7.29. The van der Waals surface area contributed by atoms with E-state index in [4.69, 9.17) is 67.5 Å². The van der Waals surface area contributed by atoms with Crippen molar-refractivity contribution in [3.8, 4) is 5.75 Å². The topological polar surface area (TPSA) is 52.6 Å². The highest BCUT2D eigenvalue weighted by molar-refractivity contribution is 6.55. The summed E-state index contributed by atoms with van der Waals surface area (Å²) in [7, 11) is 0. The fourth-order valence-electron chi connectivity index (χ4n) is 1.22. The summed E-state index contributed by atoms with van der Waals surface area (Å²) in [5, 5.41) is -0.623. The van der Waals surface area contributed by atoms with E-state index < -0.39 is 11.9 Å². The molecule has 1 aromatic rings. The second kappa shape index (κ2) is 8.27. The van der Waals surface area contributed by atoms with Crippen LogP contribution in [0.2, 0.25) is 25.1 Å². The van der Waals surface area contributed by atoms with E-state index in [1.165, 1.54) is 0 Å². The van der Waals surface area contributed by atoms with Gasteiger partial charge in [-0.1, -0.05) is 58.0 Å². The predicted molar refractivity (Wildman–Crippen MR) is 87.5 cm³/mol. The third kappa shape index (κ3) is 4.93. The number of benzene rings is 1. The van der Waals surface area contributed by atoms with Gasteiger partial charge in [0.1, 0.15) is 10.0 Å². The number of carbonyl (C=O) groups is 2. The molecule has 0 unspecified atom stereocenters. The van der Waals surface area contributed by atoms with E-state index in [-0.39, 0.29) is 37.0 Å². The highest BCUT2D eigenvalue weighted by Gasteiger charge is 2.22. The summed E-state index contributed by atoms with van der Waals surface area (Å²) < 4.78 is 9.73. The minimum atomic E-state index is -0.918. The number of hydrogen-bond acceptors (Lipinski definition) is 4. The molecule has 1 rings (SSSR count). The van der Waals surface area contributed by atoms with Gasteiger partial charge in [0, 0.05) is 12.2 Å². The minimum absolute atomic E-state index is 0.0609. The number of rotatable bonds is 4. The summed E-state index contributed by atoms with van der Waals surface area (Å²) in [6.45, 7) is 3.34. The van der Waals surface area contributed by atoms with Gasteiger partial charge in [-0.25, -0.2) is 9.59 Å². The zero-order valence-electron chi connectivity index (χ0n) is 11.3. The summed E-state index contributed by atoms with van der Waals surface area (Å²) >= 11 is 29.3. The van der Waals surface area contributed by atoms with Crippen molar-refractivity contribution in [3.05, 3.63) is 37.3 Å². The van der Waals surface area contributed by atoms with Crippen molar-refractivity contribution in [2.24, 2.45) is 0 Å². The fraction of sp³-hybridized carbons (Fsp3) is 0.231. The average molecular weight is 406 g/mol. The summed E-state index contributed by atoms with van der Waals surface area (Å²) in [6, 6.07) is 0. The highest BCUT2D eigenvalue weighted by atomic mass is 35.5. The van der Waals surface area contributed by atoms with Gasteiger partial charge in [0.05, 0.1) is 21.2 Å². The first-order valence-electron chi connectivity index (χ1n) is 5.77. The monoisotopic (exact) mass is 404 g/mol. The molecule has 1 aromatic carbocycles. The Bertz CT molecular complexity index is 611. The molecule has 22 heavy (non-hydrogen) atoms. The Balaban J connectivity index is 2.95. The van der Waals surface area contributed by atoms with Gasteiger partial charge in [-0.2, -0.15) is 0 Å². The molecule has 0 aromatic heterocycles. The van der Waals surface area contributed by atoms with Gasteiger partial charge in [0.2, 0.25) is 0 Å². The maximum atomic E-state index is 11.7. The Morgan fingerprint density at radius 2 is 1.23 bits per heavy atom. The van der Waals surface area contributed by atoms with Crippen LogP contribution in [0.25, 0.3) is 0 Å². The number of esters is 2. The molecule has 0 radical (unpaired) electrons. The fourth-order valence-corrected chi connectivity index (χ4v) is 2.41. The van der Waals surface area contributed by atoms with Crippen molar-refractivity contribution in [2.45, 2.75) is 20.0 Å². The van der Waals surface area contributed by atoms with Gasteiger partial charge >= 0.3 is 11.9 Å². The third-order valence-corrected chi connectivity index (χ3v) is 4.32. The molecule has 0 bridgehead atoms. The molecule has 0 saturated heterocycles. The molecule has 9 heteroatoms. The summed E-state index contributed by atoms with van der Waals surface area (Å²) in [5.41, 5.74) is 0. The molecule has 4 nitrogen and oxygen atoms in total. The van der Waals surface area contributed by atoms with Crippen LogP contribution in [-0.4, -0.2) is 18.0 Å². The molecule has 0 aliphatic heterocycles. The number of carbonyl (C=O) groups excluding carboxylic acids is 2. The van der Waals surface area contributed by atoms with E-state index in [1.54, 1.807) is 13.8 Å². The first kappa shape index (κ1) is 19.4. The summed E-state index contributed by atoms with van der Waals surface area (Å²) in [4.78, 5) is 22.9. The lowest BCUT2D eigenvalue weighted by Gasteiger charge is -2.11. The Labute approximate surface area is 151 Å². The maximum absolute atomic E-state index is 11.7. The lowest BCUT2D eigenvalue weighted by atomic mass is 10.3. The van der Waals surface area contributed by atoms with Crippen LogP contribution >= 0.6 is 58.0 Å². The summed E-state index contributed by atoms with van der Waals surface area (Å²) in [5.74, 6) is -1.87. The van der Waals surface area contributed by atoms with Crippen molar-refractivity contribution in [3.63, 3.8) is 0 Å². The molecule has 0 heterocycles. The minimum Gasteiger partial charge on any atom is -0.460 e. The number of hydrogen-bond donors (Lipinski definition) is 0. The SMILES string of the molecule is CC(C)OC(=O)/C=C/C(=O)Oc1c(Cl)c(Cl)c(Cl)c(Cl)c1Cl. The van der Waals surface area contributed by atoms with E-state index in [9.17, 15) is 9.59 Å². The zero-order chi connectivity index (χ0) is 17.0. The average Bonchev–Trinajstić information content (AvgIpc) is 2.45. The van der Waals surface area contributed by atoms with E-state index in [0.29, 0.717) is 0 Å². The Morgan fingerprint density at radius 1 is 0.818 bits per heavy atom. The normalized spacial score (nSPS) is 11.1. The van der Waals surface area contributed by atoms with Crippen LogP contribution in [0.4, 0.5) is 0 Å². The standard InChI is InChI=1S/C13H9Cl5O4/c1-5(2)21-6(19)3-4-7(20)22-13-11(17)9(15)8(14)10(16)12(13)18/h3-5H,1-2H3/b4-3+. The van der Waals surface area contributed by atoms with Crippen molar-refractivity contribution >= 4 is 69.9 Å². The Morgan fingerprint density at radius 3 is 1.68 bits per heavy atom. The van der Waals surface area contributed by atoms with E-state index >= 15 is 0 Å². The molecule has 0 saturated carbocycles. The van der Waals surface area contributed by atoms with Crippen LogP contribution < -0.4 is 4.74 Å². The molecule has 0 N–H and O–H groups in total. The molecule has 0 aliphatic carbocycles. The predicted octanol–water partition coefficient (Wildman–Crippen LogP) is 5.37. The van der Waals surface area contributed by atoms with Crippen molar-refractivity contribution in [1.82, 2.24) is 0 Å². The summed E-state index contributed by atoms with van der Waals surface area (Å²) in [6.07, 6.45) is 1.45. The van der Waals surface area contributed by atoms with E-state index in [1.807, 2.05) is 0 Å². The number of ether oxygens (including phenoxy) is 2. The molecule has 0 atom stereocenters. The number of halogens is 5. The zero-order valence-corrected chi connectivity index (χ0v) is 15.0. The largest absolute Gasteiger partial charge is 0.460 e. The molecule has 120 valence electrons. The van der Waals surface area contributed by atoms with Gasteiger partial charge in [0.15, 0.2) is 5.75 Å². The highest BCUT2D eigenvalue weighted by Crippen LogP contribution is 2.48. The molecule has 0 spiro atoms. The van der Waals surface area contributed by atoms with Crippen LogP contribution in [0.5, 0.6) is 5.75 Å². The van der Waals surface area contributed by atoms with Crippen LogP contribution in [0.1, 0.15) is 13.8 Å². The quantitative estimate of drug-likeness (QED) is 0.222. The van der Waals surface area contributed by atoms with Crippen LogP contribution in [0.3, 0.4) is 0 Å². The molecule has 0 fully saturated rings. The third-order valence-electron chi connectivity index (χ3n) is 2.08. The maximum Gasteiger partial charge on any atom is 0.336 e. The first-order chi connectivity index (χ1) is 10.1. The van der Waals surface area contributed by atoms with Crippen molar-refractivity contribution in [1.29, 1.82) is 0 Å². The lowest BCUT2D eigenvalue weighted by molar-refractivity contribution is -0.141. The van der Waals surface area contributed by atoms with Gasteiger partial charge in [0.25, 0.3) is 0 Å². The van der Waals surface area contributed by atoms with E-state index in [0.717, 1.165) is 12.2 Å². The van der Waals surface area contributed by atoms with Crippen LogP contribution in [-0.2, 0) is 14.3 Å². The molecular weight excluding hydrogens is 397 g/mol. The molecular formula is C13H9Cl5O4. The van der Waals surface area contributed by atoms with Crippen molar-refractivity contribution in [2.75, 3.05) is 0 Å². The van der Waals surface area contributed by atoms with Gasteiger partial charge < -0.3 is 9.47 Å². The second-order valence-electron chi connectivity index (χ2n) is 4.14. The van der Waals surface area contributed by atoms with E-state index in [2.05, 4.69) is 0 Å². The smallest absolute Gasteiger partial charge is 0.336 e. The van der Waals surface area contributed by atoms with Crippen LogP contribution in [0.15, 0.2) is 12.2 Å². The Hall–Kier alpha value is -0.650. The first-order valence-corrected chi connectivity index (χ1v) is 7.66. The molecule has 0 aliphatic rings. The van der Waals surface area contributed by atoms with Gasteiger partial charge in [-0.15, -0.1) is 0 Å². The lowest BCUT2D eigenvalue weighted by Crippen LogP contribution is -2.10. The molecule has 0 amide bonds.